The van der Waals surface area contributed by atoms with Gasteiger partial charge in [0.25, 0.3) is 0 Å². The Bertz CT molecular complexity index is 581. The molecule has 1 aromatic heterocycles. The van der Waals surface area contributed by atoms with Crippen LogP contribution >= 0.6 is 31.9 Å². The number of aromatic nitrogens is 2. The van der Waals surface area contributed by atoms with E-state index in [2.05, 4.69) is 59.4 Å². The fourth-order valence-electron chi connectivity index (χ4n) is 1.96. The van der Waals surface area contributed by atoms with E-state index in [1.54, 1.807) is 6.33 Å². The number of benzene rings is 1. The molecule has 2 rings (SSSR count). The van der Waals surface area contributed by atoms with Gasteiger partial charge >= 0.3 is 0 Å². The Labute approximate surface area is 135 Å². The number of nitrogens with zero attached hydrogens (tertiary/aromatic N) is 2. The van der Waals surface area contributed by atoms with Crippen LogP contribution in [0.15, 0.2) is 33.5 Å². The Kier molecular flexibility index (Phi) is 5.37. The van der Waals surface area contributed by atoms with Crippen LogP contribution in [0.4, 0.5) is 17.3 Å². The van der Waals surface area contributed by atoms with Gasteiger partial charge in [-0.25, -0.2) is 9.97 Å². The number of hydrogen-bond donors (Lipinski definition) is 2. The maximum Gasteiger partial charge on any atom is 0.139 e. The standard InChI is InChI=1S/C14H16Br2N4/c1-3-5-9-13(17-2)18-8-19-14(9)20-12-10(15)6-4-7-11(12)16/h4,6-8H,3,5H2,1-2H3,(H2,17,18,19,20). The molecule has 0 aliphatic carbocycles. The van der Waals surface area contributed by atoms with E-state index in [0.29, 0.717) is 0 Å². The van der Waals surface area contributed by atoms with Crippen molar-refractivity contribution in [2.75, 3.05) is 17.7 Å². The van der Waals surface area contributed by atoms with Crippen LogP contribution in [0.2, 0.25) is 0 Å². The van der Waals surface area contributed by atoms with Gasteiger partial charge in [-0.3, -0.25) is 0 Å². The van der Waals surface area contributed by atoms with Gasteiger partial charge in [-0.05, 0) is 50.4 Å². The molecule has 0 saturated heterocycles. The molecule has 106 valence electrons. The second kappa shape index (κ2) is 7.04. The molecule has 0 atom stereocenters. The van der Waals surface area contributed by atoms with Crippen molar-refractivity contribution >= 4 is 49.2 Å². The molecule has 0 spiro atoms. The zero-order chi connectivity index (χ0) is 14.5. The molecule has 0 fully saturated rings. The summed E-state index contributed by atoms with van der Waals surface area (Å²) in [7, 11) is 1.87. The summed E-state index contributed by atoms with van der Waals surface area (Å²) in [6.45, 7) is 2.14. The molecule has 6 heteroatoms. The van der Waals surface area contributed by atoms with Crippen molar-refractivity contribution in [1.82, 2.24) is 9.97 Å². The van der Waals surface area contributed by atoms with Crippen molar-refractivity contribution in [2.45, 2.75) is 19.8 Å². The van der Waals surface area contributed by atoms with Crippen LogP contribution in [-0.2, 0) is 6.42 Å². The van der Waals surface area contributed by atoms with Gasteiger partial charge in [-0.2, -0.15) is 0 Å². The number of rotatable bonds is 5. The van der Waals surface area contributed by atoms with Gasteiger partial charge < -0.3 is 10.6 Å². The first kappa shape index (κ1) is 15.3. The Morgan fingerprint density at radius 2 is 1.75 bits per heavy atom. The van der Waals surface area contributed by atoms with Crippen LogP contribution in [0.25, 0.3) is 0 Å². The predicted octanol–water partition coefficient (Wildman–Crippen LogP) is 4.74. The lowest BCUT2D eigenvalue weighted by Gasteiger charge is -2.15. The third kappa shape index (κ3) is 3.30. The van der Waals surface area contributed by atoms with Crippen molar-refractivity contribution in [3.8, 4) is 0 Å². The molecule has 0 unspecified atom stereocenters. The van der Waals surface area contributed by atoms with Gasteiger partial charge in [0.15, 0.2) is 0 Å². The van der Waals surface area contributed by atoms with E-state index in [0.717, 1.165) is 44.7 Å². The first-order chi connectivity index (χ1) is 9.67. The summed E-state index contributed by atoms with van der Waals surface area (Å²) in [4.78, 5) is 8.66. The SMILES string of the molecule is CCCc1c(NC)ncnc1Nc1c(Br)cccc1Br. The van der Waals surface area contributed by atoms with Crippen molar-refractivity contribution in [1.29, 1.82) is 0 Å². The van der Waals surface area contributed by atoms with Crippen LogP contribution in [0.1, 0.15) is 18.9 Å². The Hall–Kier alpha value is -1.14. The molecule has 1 heterocycles. The first-order valence-electron chi connectivity index (χ1n) is 6.40. The van der Waals surface area contributed by atoms with Gasteiger partial charge in [0.1, 0.15) is 18.0 Å². The molecule has 0 bridgehead atoms. The Balaban J connectivity index is 2.43. The molecule has 0 aliphatic heterocycles. The maximum atomic E-state index is 4.38. The second-order valence-corrected chi connectivity index (χ2v) is 5.98. The molecule has 2 N–H and O–H groups in total. The Morgan fingerprint density at radius 1 is 1.10 bits per heavy atom. The van der Waals surface area contributed by atoms with E-state index in [-0.39, 0.29) is 0 Å². The van der Waals surface area contributed by atoms with E-state index in [9.17, 15) is 0 Å². The van der Waals surface area contributed by atoms with E-state index in [1.807, 2.05) is 25.2 Å². The van der Waals surface area contributed by atoms with Crippen LogP contribution in [0.5, 0.6) is 0 Å². The molecule has 20 heavy (non-hydrogen) atoms. The van der Waals surface area contributed by atoms with E-state index < -0.39 is 0 Å². The minimum atomic E-state index is 0.832. The molecule has 0 saturated carbocycles. The summed E-state index contributed by atoms with van der Waals surface area (Å²) >= 11 is 7.10. The average molecular weight is 400 g/mol. The fourth-order valence-corrected chi connectivity index (χ4v) is 3.15. The quantitative estimate of drug-likeness (QED) is 0.762. The normalized spacial score (nSPS) is 10.4. The van der Waals surface area contributed by atoms with Crippen molar-refractivity contribution in [3.63, 3.8) is 0 Å². The zero-order valence-corrected chi connectivity index (χ0v) is 14.5. The van der Waals surface area contributed by atoms with Crippen molar-refractivity contribution in [2.24, 2.45) is 0 Å². The number of nitrogens with one attached hydrogen (secondary N) is 2. The summed E-state index contributed by atoms with van der Waals surface area (Å²) in [5, 5.41) is 6.50. The third-order valence-electron chi connectivity index (χ3n) is 2.89. The molecular formula is C14H16Br2N4. The number of para-hydroxylation sites is 1. The van der Waals surface area contributed by atoms with Crippen molar-refractivity contribution < 1.29 is 0 Å². The summed E-state index contributed by atoms with van der Waals surface area (Å²) in [5.41, 5.74) is 2.06. The van der Waals surface area contributed by atoms with Gasteiger partial charge in [0.05, 0.1) is 5.69 Å². The van der Waals surface area contributed by atoms with Crippen LogP contribution < -0.4 is 10.6 Å². The van der Waals surface area contributed by atoms with E-state index in [4.69, 9.17) is 0 Å². The van der Waals surface area contributed by atoms with Gasteiger partial charge in [-0.1, -0.05) is 19.4 Å². The summed E-state index contributed by atoms with van der Waals surface area (Å²) < 4.78 is 1.97. The zero-order valence-electron chi connectivity index (χ0n) is 11.4. The smallest absolute Gasteiger partial charge is 0.139 e. The molecule has 0 aliphatic rings. The molecular weight excluding hydrogens is 384 g/mol. The summed E-state index contributed by atoms with van der Waals surface area (Å²) in [6.07, 6.45) is 3.52. The largest absolute Gasteiger partial charge is 0.373 e. The maximum absolute atomic E-state index is 4.38. The van der Waals surface area contributed by atoms with Gasteiger partial charge in [0, 0.05) is 21.6 Å². The minimum absolute atomic E-state index is 0.832. The third-order valence-corrected chi connectivity index (χ3v) is 4.21. The summed E-state index contributed by atoms with van der Waals surface area (Å²) in [6, 6.07) is 5.96. The summed E-state index contributed by atoms with van der Waals surface area (Å²) in [5.74, 6) is 1.70. The molecule has 4 nitrogen and oxygen atoms in total. The number of hydrogen-bond acceptors (Lipinski definition) is 4. The highest BCUT2D eigenvalue weighted by atomic mass is 79.9. The molecule has 1 aromatic carbocycles. The van der Waals surface area contributed by atoms with E-state index in [1.165, 1.54) is 0 Å². The van der Waals surface area contributed by atoms with Crippen LogP contribution in [-0.4, -0.2) is 17.0 Å². The first-order valence-corrected chi connectivity index (χ1v) is 7.98. The highest BCUT2D eigenvalue weighted by Crippen LogP contribution is 2.34. The minimum Gasteiger partial charge on any atom is -0.373 e. The molecule has 0 amide bonds. The number of anilines is 3. The lowest BCUT2D eigenvalue weighted by molar-refractivity contribution is 0.905. The van der Waals surface area contributed by atoms with Crippen LogP contribution in [0.3, 0.4) is 0 Å². The van der Waals surface area contributed by atoms with Gasteiger partial charge in [-0.15, -0.1) is 0 Å². The average Bonchev–Trinajstić information content (AvgIpc) is 2.44. The topological polar surface area (TPSA) is 49.8 Å². The molecule has 2 aromatic rings. The molecule has 0 radical (unpaired) electrons. The fraction of sp³-hybridized carbons (Fsp3) is 0.286. The lowest BCUT2D eigenvalue weighted by atomic mass is 10.1. The lowest BCUT2D eigenvalue weighted by Crippen LogP contribution is -2.06. The monoisotopic (exact) mass is 398 g/mol. The number of halogens is 2. The van der Waals surface area contributed by atoms with Gasteiger partial charge in [0.2, 0.25) is 0 Å². The van der Waals surface area contributed by atoms with Crippen molar-refractivity contribution in [3.05, 3.63) is 39.0 Å². The second-order valence-electron chi connectivity index (χ2n) is 4.27. The predicted molar refractivity (Wildman–Crippen MR) is 90.7 cm³/mol. The van der Waals surface area contributed by atoms with Crippen LogP contribution in [0, 0.1) is 0 Å². The van der Waals surface area contributed by atoms with E-state index >= 15 is 0 Å². The Morgan fingerprint density at radius 3 is 2.35 bits per heavy atom. The highest BCUT2D eigenvalue weighted by molar-refractivity contribution is 9.11. The highest BCUT2D eigenvalue weighted by Gasteiger charge is 2.12.